The molecule has 0 unspecified atom stereocenters. The van der Waals surface area contributed by atoms with Gasteiger partial charge in [-0.3, -0.25) is 0 Å². The fraction of sp³-hybridized carbons (Fsp3) is 0. The van der Waals surface area contributed by atoms with Gasteiger partial charge in [-0.1, -0.05) is 17.3 Å². The van der Waals surface area contributed by atoms with Gasteiger partial charge in [0.25, 0.3) is 5.89 Å². The third-order valence-electron chi connectivity index (χ3n) is 1.75. The van der Waals surface area contributed by atoms with Gasteiger partial charge in [-0.2, -0.15) is 4.98 Å². The van der Waals surface area contributed by atoms with Crippen molar-refractivity contribution in [3.05, 3.63) is 36.2 Å². The molecule has 0 aliphatic carbocycles. The second-order valence-corrected chi connectivity index (χ2v) is 2.60. The van der Waals surface area contributed by atoms with E-state index in [-0.39, 0.29) is 11.5 Å². The summed E-state index contributed by atoms with van der Waals surface area (Å²) >= 11 is 0. The average Bonchev–Trinajstić information content (AvgIpc) is 2.70. The second-order valence-electron chi connectivity index (χ2n) is 2.60. The van der Waals surface area contributed by atoms with Crippen LogP contribution in [0.15, 0.2) is 35.1 Å². The molecule has 1 aromatic heterocycles. The van der Waals surface area contributed by atoms with Gasteiger partial charge < -0.3 is 9.63 Å². The molecule has 0 aliphatic rings. The molecule has 1 heterocycles. The number of aromatic nitrogens is 2. The van der Waals surface area contributed by atoms with Crippen LogP contribution >= 0.6 is 0 Å². The quantitative estimate of drug-likeness (QED) is 0.775. The van der Waals surface area contributed by atoms with Crippen molar-refractivity contribution in [1.29, 1.82) is 0 Å². The normalized spacial score (nSPS) is 10.0. The van der Waals surface area contributed by atoms with Crippen molar-refractivity contribution in [1.82, 2.24) is 10.1 Å². The molecule has 0 spiro atoms. The molecule has 0 fully saturated rings. The van der Waals surface area contributed by atoms with Gasteiger partial charge in [0.1, 0.15) is 0 Å². The summed E-state index contributed by atoms with van der Waals surface area (Å²) in [4.78, 5) is 14.6. The first-order valence-corrected chi connectivity index (χ1v) is 3.88. The van der Waals surface area contributed by atoms with E-state index in [9.17, 15) is 4.79 Å². The lowest BCUT2D eigenvalue weighted by Gasteiger charge is -1.99. The van der Waals surface area contributed by atoms with Crippen molar-refractivity contribution >= 4 is 5.97 Å². The summed E-state index contributed by atoms with van der Waals surface area (Å²) in [6.07, 6.45) is 1.23. The van der Waals surface area contributed by atoms with Crippen molar-refractivity contribution in [3.63, 3.8) is 0 Å². The number of carboxylic acid groups (broad SMARTS) is 1. The van der Waals surface area contributed by atoms with Crippen molar-refractivity contribution in [2.24, 2.45) is 0 Å². The van der Waals surface area contributed by atoms with Crippen LogP contribution in [0.4, 0.5) is 0 Å². The van der Waals surface area contributed by atoms with E-state index in [4.69, 9.17) is 9.63 Å². The van der Waals surface area contributed by atoms with Gasteiger partial charge in [-0.15, -0.1) is 0 Å². The van der Waals surface area contributed by atoms with E-state index in [0.29, 0.717) is 5.56 Å². The summed E-state index contributed by atoms with van der Waals surface area (Å²) < 4.78 is 4.79. The van der Waals surface area contributed by atoms with E-state index < -0.39 is 5.97 Å². The van der Waals surface area contributed by atoms with Gasteiger partial charge >= 0.3 is 5.97 Å². The Balaban J connectivity index is 2.58. The maximum Gasteiger partial charge on any atom is 0.336 e. The summed E-state index contributed by atoms with van der Waals surface area (Å²) in [5.41, 5.74) is 0.578. The summed E-state index contributed by atoms with van der Waals surface area (Å²) in [5, 5.41) is 12.3. The van der Waals surface area contributed by atoms with E-state index in [1.165, 1.54) is 12.4 Å². The second kappa shape index (κ2) is 3.29. The van der Waals surface area contributed by atoms with Gasteiger partial charge in [0.05, 0.1) is 11.1 Å². The molecule has 5 nitrogen and oxygen atoms in total. The molecule has 2 rings (SSSR count). The van der Waals surface area contributed by atoms with Crippen molar-refractivity contribution in [3.8, 4) is 11.5 Å². The topological polar surface area (TPSA) is 76.2 Å². The minimum absolute atomic E-state index is 0.150. The monoisotopic (exact) mass is 190 g/mol. The Hall–Kier alpha value is -2.17. The Labute approximate surface area is 79.0 Å². The van der Waals surface area contributed by atoms with Crippen LogP contribution in [-0.4, -0.2) is 21.2 Å². The van der Waals surface area contributed by atoms with Crippen molar-refractivity contribution in [2.75, 3.05) is 0 Å². The van der Waals surface area contributed by atoms with Crippen LogP contribution in [0.3, 0.4) is 0 Å². The van der Waals surface area contributed by atoms with Gasteiger partial charge in [-0.05, 0) is 12.1 Å². The predicted molar refractivity (Wildman–Crippen MR) is 46.7 cm³/mol. The Bertz CT molecular complexity index is 451. The Morgan fingerprint density at radius 1 is 1.36 bits per heavy atom. The lowest BCUT2D eigenvalue weighted by molar-refractivity contribution is 0.0697. The number of benzene rings is 1. The first-order valence-electron chi connectivity index (χ1n) is 3.88. The highest BCUT2D eigenvalue weighted by Crippen LogP contribution is 2.20. The molecule has 5 heteroatoms. The minimum Gasteiger partial charge on any atom is -0.478 e. The number of nitrogens with zero attached hydrogens (tertiary/aromatic N) is 2. The molecule has 0 aliphatic heterocycles. The molecule has 1 N–H and O–H groups in total. The van der Waals surface area contributed by atoms with Crippen molar-refractivity contribution in [2.45, 2.75) is 0 Å². The number of carboxylic acids is 1. The summed E-state index contributed by atoms with van der Waals surface area (Å²) in [5.74, 6) is -0.804. The lowest BCUT2D eigenvalue weighted by atomic mass is 10.1. The molecule has 14 heavy (non-hydrogen) atoms. The molecule has 0 atom stereocenters. The van der Waals surface area contributed by atoms with E-state index in [1.807, 2.05) is 0 Å². The Kier molecular flexibility index (Phi) is 1.98. The SMILES string of the molecule is O=C(O)c1ccccc1-c1ncno1. The molecular weight excluding hydrogens is 184 g/mol. The third kappa shape index (κ3) is 1.35. The van der Waals surface area contributed by atoms with Crippen molar-refractivity contribution < 1.29 is 14.4 Å². The Morgan fingerprint density at radius 2 is 2.14 bits per heavy atom. The molecule has 2 aromatic rings. The largest absolute Gasteiger partial charge is 0.478 e. The number of rotatable bonds is 2. The highest BCUT2D eigenvalue weighted by atomic mass is 16.5. The molecule has 0 radical (unpaired) electrons. The van der Waals surface area contributed by atoms with Crippen LogP contribution in [0.2, 0.25) is 0 Å². The van der Waals surface area contributed by atoms with E-state index in [2.05, 4.69) is 10.1 Å². The van der Waals surface area contributed by atoms with Crippen LogP contribution in [0.1, 0.15) is 10.4 Å². The fourth-order valence-corrected chi connectivity index (χ4v) is 1.15. The van der Waals surface area contributed by atoms with E-state index >= 15 is 0 Å². The first-order chi connectivity index (χ1) is 6.79. The van der Waals surface area contributed by atoms with Crippen LogP contribution in [-0.2, 0) is 0 Å². The van der Waals surface area contributed by atoms with Gasteiger partial charge in [0.15, 0.2) is 6.33 Å². The zero-order chi connectivity index (χ0) is 9.97. The average molecular weight is 190 g/mol. The van der Waals surface area contributed by atoms with E-state index in [1.54, 1.807) is 18.2 Å². The van der Waals surface area contributed by atoms with Gasteiger partial charge in [0.2, 0.25) is 0 Å². The molecule has 0 amide bonds. The maximum atomic E-state index is 10.8. The number of hydrogen-bond donors (Lipinski definition) is 1. The molecule has 0 bridgehead atoms. The van der Waals surface area contributed by atoms with E-state index in [0.717, 1.165) is 0 Å². The van der Waals surface area contributed by atoms with Gasteiger partial charge in [0, 0.05) is 0 Å². The zero-order valence-corrected chi connectivity index (χ0v) is 7.04. The molecule has 70 valence electrons. The van der Waals surface area contributed by atoms with Crippen LogP contribution in [0, 0.1) is 0 Å². The first kappa shape index (κ1) is 8.43. The van der Waals surface area contributed by atoms with Crippen LogP contribution in [0.25, 0.3) is 11.5 Å². The standard InChI is InChI=1S/C9H6N2O3/c12-9(13)7-4-2-1-3-6(7)8-10-5-11-14-8/h1-5H,(H,12,13). The Morgan fingerprint density at radius 3 is 2.79 bits per heavy atom. The summed E-state index contributed by atoms with van der Waals surface area (Å²) in [6, 6.07) is 6.47. The number of aromatic carboxylic acids is 1. The zero-order valence-electron chi connectivity index (χ0n) is 7.04. The number of hydrogen-bond acceptors (Lipinski definition) is 4. The molecule has 0 saturated carbocycles. The summed E-state index contributed by atoms with van der Waals surface area (Å²) in [6.45, 7) is 0. The van der Waals surface area contributed by atoms with Crippen LogP contribution < -0.4 is 0 Å². The maximum absolute atomic E-state index is 10.8. The predicted octanol–water partition coefficient (Wildman–Crippen LogP) is 1.43. The molecular formula is C9H6N2O3. The fourth-order valence-electron chi connectivity index (χ4n) is 1.15. The highest BCUT2D eigenvalue weighted by molar-refractivity contribution is 5.94. The molecule has 0 saturated heterocycles. The summed E-state index contributed by atoms with van der Waals surface area (Å²) in [7, 11) is 0. The smallest absolute Gasteiger partial charge is 0.336 e. The third-order valence-corrected chi connectivity index (χ3v) is 1.75. The van der Waals surface area contributed by atoms with Crippen LogP contribution in [0.5, 0.6) is 0 Å². The molecule has 1 aromatic carbocycles. The van der Waals surface area contributed by atoms with Gasteiger partial charge in [-0.25, -0.2) is 4.79 Å². The number of carbonyl (C=O) groups is 1. The highest BCUT2D eigenvalue weighted by Gasteiger charge is 2.13. The lowest BCUT2D eigenvalue weighted by Crippen LogP contribution is -1.98. The minimum atomic E-state index is -1.01.